The highest BCUT2D eigenvalue weighted by Gasteiger charge is 2.37. The summed E-state index contributed by atoms with van der Waals surface area (Å²) >= 11 is 0. The number of carboxylic acid groups (broad SMARTS) is 1. The predicted octanol–water partition coefficient (Wildman–Crippen LogP) is 3.95. The highest BCUT2D eigenvalue weighted by molar-refractivity contribution is 5.74. The second-order valence-electron chi connectivity index (χ2n) is 6.77. The number of hydrogen-bond acceptors (Lipinski definition) is 3. The molecular weight excluding hydrogens is 314 g/mol. The highest BCUT2D eigenvalue weighted by atomic mass is 16.5. The standard InChI is InChI=1S/C21H25NO3/c1-14-6-11-18(15(2)13-14)20(16-7-9-17(25-3)10-8-16)22-12-4-5-19(22)21(23)24/h6-11,13,19-20H,4-5,12H2,1-3H3,(H,23,24). The maximum atomic E-state index is 11.8. The van der Waals surface area contributed by atoms with E-state index >= 15 is 0 Å². The van der Waals surface area contributed by atoms with Gasteiger partial charge in [-0.15, -0.1) is 0 Å². The molecular formula is C21H25NO3. The molecule has 0 amide bonds. The molecule has 4 heteroatoms. The van der Waals surface area contributed by atoms with E-state index in [0.717, 1.165) is 24.3 Å². The van der Waals surface area contributed by atoms with Crippen LogP contribution in [0.25, 0.3) is 0 Å². The minimum Gasteiger partial charge on any atom is -0.497 e. The van der Waals surface area contributed by atoms with Crippen molar-refractivity contribution in [2.24, 2.45) is 0 Å². The lowest BCUT2D eigenvalue weighted by atomic mass is 9.92. The van der Waals surface area contributed by atoms with Gasteiger partial charge in [-0.2, -0.15) is 0 Å². The van der Waals surface area contributed by atoms with Gasteiger partial charge in [0.2, 0.25) is 0 Å². The van der Waals surface area contributed by atoms with E-state index in [0.29, 0.717) is 6.42 Å². The lowest BCUT2D eigenvalue weighted by molar-refractivity contribution is -0.142. The number of hydrogen-bond donors (Lipinski definition) is 1. The average molecular weight is 339 g/mol. The monoisotopic (exact) mass is 339 g/mol. The Hall–Kier alpha value is -2.33. The van der Waals surface area contributed by atoms with Crippen LogP contribution in [-0.2, 0) is 4.79 Å². The Bertz CT molecular complexity index is 754. The summed E-state index contributed by atoms with van der Waals surface area (Å²) < 4.78 is 5.27. The third-order valence-corrected chi connectivity index (χ3v) is 5.06. The molecule has 0 spiro atoms. The van der Waals surface area contributed by atoms with Gasteiger partial charge in [0.05, 0.1) is 13.2 Å². The summed E-state index contributed by atoms with van der Waals surface area (Å²) in [6.45, 7) is 4.97. The number of likely N-dealkylation sites (tertiary alicyclic amines) is 1. The Morgan fingerprint density at radius 2 is 1.92 bits per heavy atom. The van der Waals surface area contributed by atoms with Gasteiger partial charge in [-0.25, -0.2) is 0 Å². The average Bonchev–Trinajstić information content (AvgIpc) is 3.07. The summed E-state index contributed by atoms with van der Waals surface area (Å²) in [5, 5.41) is 9.66. The van der Waals surface area contributed by atoms with Crippen molar-refractivity contribution in [1.29, 1.82) is 0 Å². The van der Waals surface area contributed by atoms with Gasteiger partial charge in [0, 0.05) is 6.54 Å². The minimum atomic E-state index is -0.735. The van der Waals surface area contributed by atoms with Crippen molar-refractivity contribution in [2.75, 3.05) is 13.7 Å². The molecule has 0 saturated carbocycles. The van der Waals surface area contributed by atoms with E-state index in [9.17, 15) is 9.90 Å². The second kappa shape index (κ2) is 7.28. The first-order valence-corrected chi connectivity index (χ1v) is 8.71. The van der Waals surface area contributed by atoms with Gasteiger partial charge in [0.15, 0.2) is 0 Å². The molecule has 0 bridgehead atoms. The van der Waals surface area contributed by atoms with Crippen LogP contribution in [0.1, 0.15) is 41.1 Å². The number of nitrogens with zero attached hydrogens (tertiary/aromatic N) is 1. The molecule has 1 aliphatic heterocycles. The summed E-state index contributed by atoms with van der Waals surface area (Å²) in [4.78, 5) is 13.9. The van der Waals surface area contributed by atoms with Crippen molar-refractivity contribution in [3.8, 4) is 5.75 Å². The van der Waals surface area contributed by atoms with Crippen molar-refractivity contribution < 1.29 is 14.6 Å². The molecule has 132 valence electrons. The number of aryl methyl sites for hydroxylation is 2. The maximum Gasteiger partial charge on any atom is 0.320 e. The van der Waals surface area contributed by atoms with Crippen LogP contribution < -0.4 is 4.74 Å². The zero-order valence-electron chi connectivity index (χ0n) is 15.0. The molecule has 4 nitrogen and oxygen atoms in total. The molecule has 1 fully saturated rings. The molecule has 2 aromatic carbocycles. The largest absolute Gasteiger partial charge is 0.497 e. The summed E-state index contributed by atoms with van der Waals surface area (Å²) in [6, 6.07) is 13.9. The SMILES string of the molecule is COc1ccc(C(c2ccc(C)cc2C)N2CCCC2C(=O)O)cc1. The summed E-state index contributed by atoms with van der Waals surface area (Å²) in [5.74, 6) is 0.0695. The van der Waals surface area contributed by atoms with E-state index in [1.165, 1.54) is 16.7 Å². The number of benzene rings is 2. The Morgan fingerprint density at radius 1 is 1.20 bits per heavy atom. The third kappa shape index (κ3) is 3.54. The fourth-order valence-electron chi connectivity index (χ4n) is 3.83. The molecule has 2 atom stereocenters. The number of methoxy groups -OCH3 is 1. The minimum absolute atomic E-state index is 0.0601. The molecule has 3 rings (SSSR count). The van der Waals surface area contributed by atoms with E-state index in [1.54, 1.807) is 7.11 Å². The molecule has 1 heterocycles. The molecule has 2 unspecified atom stereocenters. The lowest BCUT2D eigenvalue weighted by Gasteiger charge is -2.33. The zero-order chi connectivity index (χ0) is 18.0. The lowest BCUT2D eigenvalue weighted by Crippen LogP contribution is -2.39. The van der Waals surface area contributed by atoms with Crippen LogP contribution in [0.2, 0.25) is 0 Å². The van der Waals surface area contributed by atoms with Gasteiger partial charge >= 0.3 is 5.97 Å². The van der Waals surface area contributed by atoms with Gasteiger partial charge in [-0.05, 0) is 55.5 Å². The number of rotatable bonds is 5. The molecule has 1 saturated heterocycles. The van der Waals surface area contributed by atoms with Crippen LogP contribution in [0, 0.1) is 13.8 Å². The van der Waals surface area contributed by atoms with Gasteiger partial charge in [-0.3, -0.25) is 9.69 Å². The van der Waals surface area contributed by atoms with E-state index in [-0.39, 0.29) is 6.04 Å². The van der Waals surface area contributed by atoms with Gasteiger partial charge in [0.25, 0.3) is 0 Å². The van der Waals surface area contributed by atoms with Crippen molar-refractivity contribution in [1.82, 2.24) is 4.90 Å². The molecule has 1 N–H and O–H groups in total. The van der Waals surface area contributed by atoms with Crippen molar-refractivity contribution >= 4 is 5.97 Å². The normalized spacial score (nSPS) is 18.9. The first-order chi connectivity index (χ1) is 12.0. The molecule has 25 heavy (non-hydrogen) atoms. The van der Waals surface area contributed by atoms with E-state index < -0.39 is 12.0 Å². The third-order valence-electron chi connectivity index (χ3n) is 5.06. The second-order valence-corrected chi connectivity index (χ2v) is 6.77. The Kier molecular flexibility index (Phi) is 5.09. The van der Waals surface area contributed by atoms with Gasteiger partial charge in [0.1, 0.15) is 11.8 Å². The number of ether oxygens (including phenoxy) is 1. The number of carboxylic acids is 1. The van der Waals surface area contributed by atoms with Crippen molar-refractivity contribution in [3.63, 3.8) is 0 Å². The topological polar surface area (TPSA) is 49.8 Å². The zero-order valence-corrected chi connectivity index (χ0v) is 15.0. The molecule has 0 aliphatic carbocycles. The van der Waals surface area contributed by atoms with Crippen molar-refractivity contribution in [2.45, 2.75) is 38.8 Å². The van der Waals surface area contributed by atoms with Crippen molar-refractivity contribution in [3.05, 3.63) is 64.7 Å². The summed E-state index contributed by atoms with van der Waals surface area (Å²) in [6.07, 6.45) is 1.61. The highest BCUT2D eigenvalue weighted by Crippen LogP contribution is 2.37. The quantitative estimate of drug-likeness (QED) is 0.896. The fourth-order valence-corrected chi connectivity index (χ4v) is 3.83. The smallest absolute Gasteiger partial charge is 0.320 e. The summed E-state index contributed by atoms with van der Waals surface area (Å²) in [7, 11) is 1.65. The van der Waals surface area contributed by atoms with Gasteiger partial charge in [-0.1, -0.05) is 35.9 Å². The first-order valence-electron chi connectivity index (χ1n) is 8.71. The number of carbonyl (C=O) groups is 1. The van der Waals surface area contributed by atoms with Crippen LogP contribution in [0.15, 0.2) is 42.5 Å². The van der Waals surface area contributed by atoms with Crippen LogP contribution in [-0.4, -0.2) is 35.7 Å². The predicted molar refractivity (Wildman–Crippen MR) is 98.1 cm³/mol. The van der Waals surface area contributed by atoms with Crippen LogP contribution in [0.4, 0.5) is 0 Å². The van der Waals surface area contributed by atoms with E-state index in [1.807, 2.05) is 24.3 Å². The molecule has 1 aliphatic rings. The fraction of sp³-hybridized carbons (Fsp3) is 0.381. The molecule has 2 aromatic rings. The Morgan fingerprint density at radius 3 is 2.52 bits per heavy atom. The van der Waals surface area contributed by atoms with Crippen LogP contribution in [0.5, 0.6) is 5.75 Å². The molecule has 0 radical (unpaired) electrons. The Labute approximate surface area is 149 Å². The number of aliphatic carboxylic acids is 1. The summed E-state index contributed by atoms with van der Waals surface area (Å²) in [5.41, 5.74) is 4.67. The van der Waals surface area contributed by atoms with E-state index in [4.69, 9.17) is 4.74 Å². The Balaban J connectivity index is 2.08. The maximum absolute atomic E-state index is 11.8. The first kappa shape index (κ1) is 17.5. The van der Waals surface area contributed by atoms with Crippen LogP contribution in [0.3, 0.4) is 0 Å². The van der Waals surface area contributed by atoms with Crippen LogP contribution >= 0.6 is 0 Å². The van der Waals surface area contributed by atoms with E-state index in [2.05, 4.69) is 36.9 Å². The van der Waals surface area contributed by atoms with Gasteiger partial charge < -0.3 is 9.84 Å². The molecule has 0 aromatic heterocycles.